The van der Waals surface area contributed by atoms with E-state index in [9.17, 15) is 0 Å². The predicted octanol–water partition coefficient (Wildman–Crippen LogP) is 2.61. The summed E-state index contributed by atoms with van der Waals surface area (Å²) in [5.41, 5.74) is 7.68. The van der Waals surface area contributed by atoms with Crippen molar-refractivity contribution in [2.24, 2.45) is 5.73 Å². The highest BCUT2D eigenvalue weighted by Gasteiger charge is 2.43. The molecule has 9 heteroatoms. The summed E-state index contributed by atoms with van der Waals surface area (Å²) < 4.78 is 19.4. The van der Waals surface area contributed by atoms with Gasteiger partial charge in [-0.1, -0.05) is 5.67 Å². The highest BCUT2D eigenvalue weighted by atomic mass is 28.5. The van der Waals surface area contributed by atoms with E-state index in [4.69, 9.17) is 18.1 Å². The van der Waals surface area contributed by atoms with Gasteiger partial charge in [-0.2, -0.15) is 0 Å². The van der Waals surface area contributed by atoms with Crippen LogP contribution in [0.15, 0.2) is 0 Å². The third-order valence-electron chi connectivity index (χ3n) is 3.10. The first-order valence-corrected chi connectivity index (χ1v) is 19.3. The molecule has 0 aliphatic carbocycles. The Bertz CT molecular complexity index is 376. The minimum Gasteiger partial charge on any atom is -0.587 e. The highest BCUT2D eigenvalue weighted by molar-refractivity contribution is 6.88. The van der Waals surface area contributed by atoms with Crippen molar-refractivity contribution in [3.05, 3.63) is 0 Å². The van der Waals surface area contributed by atoms with Crippen LogP contribution in [0.3, 0.4) is 0 Å². The van der Waals surface area contributed by atoms with Crippen molar-refractivity contribution < 1.29 is 12.3 Å². The molecule has 0 amide bonds. The summed E-state index contributed by atoms with van der Waals surface area (Å²) in [5, 5.41) is 3.35. The van der Waals surface area contributed by atoms with E-state index in [-0.39, 0.29) is 0 Å². The summed E-state index contributed by atoms with van der Waals surface area (Å²) in [6.07, 6.45) is 1.06. The zero-order chi connectivity index (χ0) is 18.1. The Labute approximate surface area is 148 Å². The van der Waals surface area contributed by atoms with Gasteiger partial charge in [0.1, 0.15) is 0 Å². The van der Waals surface area contributed by atoms with Gasteiger partial charge in [-0.25, -0.2) is 0 Å². The van der Waals surface area contributed by atoms with E-state index in [1.165, 1.54) is 0 Å². The van der Waals surface area contributed by atoms with E-state index in [2.05, 4.69) is 63.7 Å². The van der Waals surface area contributed by atoms with Crippen LogP contribution in [0.1, 0.15) is 13.3 Å². The lowest BCUT2D eigenvalue weighted by Gasteiger charge is -2.39. The molecular formula is C14H38N2O3Si4. The van der Waals surface area contributed by atoms with Gasteiger partial charge in [0.05, 0.1) is 0 Å². The quantitative estimate of drug-likeness (QED) is 0.393. The molecule has 0 saturated heterocycles. The molecule has 1 atom stereocenters. The average Bonchev–Trinajstić information content (AvgIpc) is 2.34. The molecule has 0 radical (unpaired) electrons. The second-order valence-electron chi connectivity index (χ2n) is 7.49. The van der Waals surface area contributed by atoms with Gasteiger partial charge < -0.3 is 23.4 Å². The van der Waals surface area contributed by atoms with Crippen LogP contribution >= 0.6 is 0 Å². The van der Waals surface area contributed by atoms with Crippen LogP contribution in [0, 0.1) is 0 Å². The van der Waals surface area contributed by atoms with Crippen LogP contribution < -0.4 is 11.1 Å². The van der Waals surface area contributed by atoms with Crippen molar-refractivity contribution in [2.75, 3.05) is 19.6 Å². The van der Waals surface area contributed by atoms with Crippen molar-refractivity contribution in [1.29, 1.82) is 0 Å². The molecule has 0 bridgehead atoms. The van der Waals surface area contributed by atoms with Gasteiger partial charge in [0.2, 0.25) is 8.65 Å². The lowest BCUT2D eigenvalue weighted by molar-refractivity contribution is 0.328. The minimum absolute atomic E-state index is 0.680. The zero-order valence-corrected chi connectivity index (χ0v) is 20.4. The van der Waals surface area contributed by atoms with Gasteiger partial charge in [0.25, 0.3) is 0 Å². The Morgan fingerprint density at radius 3 is 2.13 bits per heavy atom. The second kappa shape index (κ2) is 10.4. The fourth-order valence-electron chi connectivity index (χ4n) is 2.52. The molecule has 138 valence electrons. The molecule has 0 aromatic rings. The lowest BCUT2D eigenvalue weighted by atomic mass is 10.5. The van der Waals surface area contributed by atoms with E-state index in [0.29, 0.717) is 6.54 Å². The molecule has 0 rings (SSSR count). The monoisotopic (exact) mass is 394 g/mol. The third kappa shape index (κ3) is 12.4. The van der Waals surface area contributed by atoms with Gasteiger partial charge in [0.15, 0.2) is 8.32 Å². The van der Waals surface area contributed by atoms with Gasteiger partial charge in [-0.3, -0.25) is 0 Å². The Hall–Kier alpha value is 0.378. The lowest BCUT2D eigenvalue weighted by Crippen LogP contribution is -2.55. The molecule has 0 fully saturated rings. The van der Waals surface area contributed by atoms with Gasteiger partial charge in [0, 0.05) is 13.1 Å². The number of hydrogen-bond donors (Lipinski definition) is 2. The summed E-state index contributed by atoms with van der Waals surface area (Å²) >= 11 is 0. The fraction of sp³-hybridized carbons (Fsp3) is 0.929. The number of rotatable bonds is 12. The SMILES string of the molecule is CC=[Si](C)O[Si](C)(C)O[Si](C)(CCCNCCN)O[Si](C)(C)C. The number of hydrogen-bond acceptors (Lipinski definition) is 5. The highest BCUT2D eigenvalue weighted by Crippen LogP contribution is 2.25. The molecule has 0 aliphatic heterocycles. The van der Waals surface area contributed by atoms with Crippen molar-refractivity contribution >= 4 is 39.8 Å². The smallest absolute Gasteiger partial charge is 0.369 e. The molecule has 5 nitrogen and oxygen atoms in total. The normalized spacial score (nSPS) is 16.3. The first kappa shape index (κ1) is 23.4. The van der Waals surface area contributed by atoms with Crippen molar-refractivity contribution in [1.82, 2.24) is 5.32 Å². The number of nitrogens with two attached hydrogens (primary N) is 1. The van der Waals surface area contributed by atoms with E-state index < -0.39 is 34.1 Å². The Kier molecular flexibility index (Phi) is 10.6. The van der Waals surface area contributed by atoms with Crippen molar-refractivity contribution in [3.63, 3.8) is 0 Å². The summed E-state index contributed by atoms with van der Waals surface area (Å²) in [6.45, 7) is 20.0. The largest absolute Gasteiger partial charge is 0.587 e. The molecule has 0 spiro atoms. The van der Waals surface area contributed by atoms with Gasteiger partial charge in [-0.15, -0.1) is 0 Å². The van der Waals surface area contributed by atoms with Crippen molar-refractivity contribution in [2.45, 2.75) is 65.2 Å². The maximum Gasteiger partial charge on any atom is 0.369 e. The Morgan fingerprint density at radius 1 is 1.04 bits per heavy atom. The van der Waals surface area contributed by atoms with Crippen LogP contribution in [-0.4, -0.2) is 59.4 Å². The summed E-state index contributed by atoms with van der Waals surface area (Å²) in [4.78, 5) is 0. The fourth-order valence-corrected chi connectivity index (χ4v) is 18.2. The van der Waals surface area contributed by atoms with Crippen LogP contribution in [0.25, 0.3) is 0 Å². The minimum atomic E-state index is -2.23. The molecule has 0 saturated carbocycles. The summed E-state index contributed by atoms with van der Waals surface area (Å²) in [5.74, 6) is 0. The Morgan fingerprint density at radius 2 is 1.65 bits per heavy atom. The standard InChI is InChI=1S/C14H38N2O3Si4/c1-9-20(2)17-22(6,7)19-23(8,18-21(3,4)5)14-10-12-16-13-11-15/h9,16H,10-15H2,1-8H3. The van der Waals surface area contributed by atoms with Crippen LogP contribution in [0.5, 0.6) is 0 Å². The molecule has 1 unspecified atom stereocenters. The molecule has 3 N–H and O–H groups in total. The average molecular weight is 395 g/mol. The van der Waals surface area contributed by atoms with Crippen LogP contribution in [0.4, 0.5) is 0 Å². The summed E-state index contributed by atoms with van der Waals surface area (Å²) in [7, 11) is -6.92. The molecule has 0 aliphatic rings. The first-order valence-electron chi connectivity index (χ1n) is 8.56. The summed E-state index contributed by atoms with van der Waals surface area (Å²) in [6, 6.07) is 0.996. The zero-order valence-electron chi connectivity index (χ0n) is 16.4. The first-order chi connectivity index (χ1) is 10.4. The van der Waals surface area contributed by atoms with Gasteiger partial charge >= 0.3 is 17.1 Å². The van der Waals surface area contributed by atoms with E-state index in [1.807, 2.05) is 0 Å². The molecule has 0 aromatic carbocycles. The van der Waals surface area contributed by atoms with E-state index in [0.717, 1.165) is 25.6 Å². The van der Waals surface area contributed by atoms with Crippen molar-refractivity contribution in [3.8, 4) is 0 Å². The van der Waals surface area contributed by atoms with Crippen LogP contribution in [-0.2, 0) is 12.3 Å². The number of nitrogens with one attached hydrogen (secondary N) is 1. The molecular weight excluding hydrogens is 357 g/mol. The Balaban J connectivity index is 4.83. The van der Waals surface area contributed by atoms with Crippen LogP contribution in [0.2, 0.25) is 51.9 Å². The van der Waals surface area contributed by atoms with Gasteiger partial charge in [-0.05, 0) is 71.8 Å². The molecule has 0 heterocycles. The maximum absolute atomic E-state index is 6.60. The second-order valence-corrected chi connectivity index (χ2v) is 21.5. The molecule has 0 aromatic heterocycles. The van der Waals surface area contributed by atoms with E-state index >= 15 is 0 Å². The topological polar surface area (TPSA) is 65.7 Å². The molecule has 23 heavy (non-hydrogen) atoms. The third-order valence-corrected chi connectivity index (χ3v) is 16.3. The predicted molar refractivity (Wildman–Crippen MR) is 110 cm³/mol. The maximum atomic E-state index is 6.60. The van der Waals surface area contributed by atoms with E-state index in [1.54, 1.807) is 0 Å².